The van der Waals surface area contributed by atoms with Crippen LogP contribution in [0.25, 0.3) is 0 Å². The Bertz CT molecular complexity index is 345. The summed E-state index contributed by atoms with van der Waals surface area (Å²) in [6.07, 6.45) is -0.382. The summed E-state index contributed by atoms with van der Waals surface area (Å²) in [5.41, 5.74) is 0. The molecule has 2 fully saturated rings. The van der Waals surface area contributed by atoms with Crippen LogP contribution in [-0.4, -0.2) is 65.3 Å². The maximum absolute atomic E-state index is 12.4. The summed E-state index contributed by atoms with van der Waals surface area (Å²) < 4.78 is 37.2. The molecular formula is C13H21F3N2O2. The number of aliphatic hydroxyl groups is 1. The van der Waals surface area contributed by atoms with Crippen LogP contribution >= 0.6 is 0 Å². The second-order valence-corrected chi connectivity index (χ2v) is 5.58. The molecule has 20 heavy (non-hydrogen) atoms. The van der Waals surface area contributed by atoms with Crippen molar-refractivity contribution in [1.29, 1.82) is 0 Å². The molecule has 1 aliphatic heterocycles. The van der Waals surface area contributed by atoms with Crippen LogP contribution in [0.1, 0.15) is 32.1 Å². The zero-order valence-corrected chi connectivity index (χ0v) is 11.4. The number of unbranched alkanes of at least 4 members (excludes halogenated alkanes) is 1. The fourth-order valence-corrected chi connectivity index (χ4v) is 2.81. The summed E-state index contributed by atoms with van der Waals surface area (Å²) in [5, 5.41) is 8.80. The van der Waals surface area contributed by atoms with Crippen molar-refractivity contribution in [2.75, 3.05) is 26.2 Å². The van der Waals surface area contributed by atoms with Crippen molar-refractivity contribution in [3.8, 4) is 0 Å². The lowest BCUT2D eigenvalue weighted by Gasteiger charge is -2.28. The Balaban J connectivity index is 1.91. The zero-order chi connectivity index (χ0) is 14.8. The number of likely N-dealkylation sites (tertiary alicyclic amines) is 1. The van der Waals surface area contributed by atoms with Gasteiger partial charge in [-0.25, -0.2) is 0 Å². The number of hydrogen-bond acceptors (Lipinski definition) is 3. The van der Waals surface area contributed by atoms with Crippen molar-refractivity contribution in [1.82, 2.24) is 9.80 Å². The van der Waals surface area contributed by atoms with Gasteiger partial charge in [-0.15, -0.1) is 0 Å². The van der Waals surface area contributed by atoms with Crippen molar-refractivity contribution in [2.24, 2.45) is 0 Å². The third-order valence-electron chi connectivity index (χ3n) is 3.88. The molecule has 0 aromatic rings. The van der Waals surface area contributed by atoms with E-state index in [-0.39, 0.29) is 13.2 Å². The maximum Gasteiger partial charge on any atom is 0.406 e. The number of carbonyl (C=O) groups excluding carboxylic acids is 1. The molecule has 116 valence electrons. The molecule has 7 heteroatoms. The summed E-state index contributed by atoms with van der Waals surface area (Å²) >= 11 is 0. The molecule has 4 nitrogen and oxygen atoms in total. The lowest BCUT2D eigenvalue weighted by molar-refractivity contribution is -0.159. The quantitative estimate of drug-likeness (QED) is 0.722. The molecule has 0 aromatic heterocycles. The molecule has 1 unspecified atom stereocenters. The minimum atomic E-state index is -4.33. The number of amides is 1. The predicted octanol–water partition coefficient (Wildman–Crippen LogP) is 1.39. The first-order valence-electron chi connectivity index (χ1n) is 7.14. The Hall–Kier alpha value is -0.820. The first-order valence-corrected chi connectivity index (χ1v) is 7.14. The molecule has 1 aliphatic carbocycles. The van der Waals surface area contributed by atoms with E-state index in [0.29, 0.717) is 25.4 Å². The van der Waals surface area contributed by atoms with Gasteiger partial charge in [0.15, 0.2) is 0 Å². The third-order valence-corrected chi connectivity index (χ3v) is 3.88. The Morgan fingerprint density at radius 1 is 1.25 bits per heavy atom. The SMILES string of the molecule is O=C1C(N(CCCCO)C2CC2)CCN1CC(F)(F)F. The van der Waals surface area contributed by atoms with Crippen molar-refractivity contribution < 1.29 is 23.1 Å². The van der Waals surface area contributed by atoms with Crippen molar-refractivity contribution in [2.45, 2.75) is 50.4 Å². The van der Waals surface area contributed by atoms with Crippen LogP contribution in [0.4, 0.5) is 13.2 Å². The highest BCUT2D eigenvalue weighted by Crippen LogP contribution is 2.33. The fraction of sp³-hybridized carbons (Fsp3) is 0.923. The molecule has 1 N–H and O–H groups in total. The Kier molecular flexibility index (Phi) is 4.90. The van der Waals surface area contributed by atoms with E-state index >= 15 is 0 Å². The van der Waals surface area contributed by atoms with Gasteiger partial charge in [-0.3, -0.25) is 9.69 Å². The van der Waals surface area contributed by atoms with Crippen LogP contribution in [0.15, 0.2) is 0 Å². The molecule has 1 atom stereocenters. The molecule has 1 amide bonds. The zero-order valence-electron chi connectivity index (χ0n) is 11.4. The van der Waals surface area contributed by atoms with Crippen LogP contribution < -0.4 is 0 Å². The van der Waals surface area contributed by atoms with E-state index in [2.05, 4.69) is 0 Å². The van der Waals surface area contributed by atoms with Crippen LogP contribution in [0.2, 0.25) is 0 Å². The van der Waals surface area contributed by atoms with Gasteiger partial charge in [0.25, 0.3) is 0 Å². The Morgan fingerprint density at radius 3 is 2.50 bits per heavy atom. The first kappa shape index (κ1) is 15.6. The van der Waals surface area contributed by atoms with E-state index in [1.165, 1.54) is 0 Å². The van der Waals surface area contributed by atoms with E-state index < -0.39 is 24.7 Å². The number of aliphatic hydroxyl groups excluding tert-OH is 1. The van der Waals surface area contributed by atoms with Crippen molar-refractivity contribution >= 4 is 5.91 Å². The van der Waals surface area contributed by atoms with Gasteiger partial charge >= 0.3 is 6.18 Å². The number of rotatable bonds is 7. The van der Waals surface area contributed by atoms with Crippen molar-refractivity contribution in [3.05, 3.63) is 0 Å². The molecule has 0 spiro atoms. The minimum absolute atomic E-state index is 0.108. The Morgan fingerprint density at radius 2 is 1.95 bits per heavy atom. The van der Waals surface area contributed by atoms with Crippen LogP contribution in [0.3, 0.4) is 0 Å². The standard InChI is InChI=1S/C13H21F3N2O2/c14-13(15,16)9-17-7-5-11(12(17)20)18(10-3-4-10)6-1-2-8-19/h10-11,19H,1-9H2. The normalized spacial score (nSPS) is 23.9. The number of carbonyl (C=O) groups is 1. The molecule has 0 radical (unpaired) electrons. The largest absolute Gasteiger partial charge is 0.406 e. The van der Waals surface area contributed by atoms with Gasteiger partial charge in [0.2, 0.25) is 5.91 Å². The van der Waals surface area contributed by atoms with Gasteiger partial charge in [0, 0.05) is 19.2 Å². The van der Waals surface area contributed by atoms with Gasteiger partial charge in [-0.1, -0.05) is 0 Å². The number of nitrogens with zero attached hydrogens (tertiary/aromatic N) is 2. The summed E-state index contributed by atoms with van der Waals surface area (Å²) in [6.45, 7) is -0.164. The van der Waals surface area contributed by atoms with Crippen LogP contribution in [-0.2, 0) is 4.79 Å². The van der Waals surface area contributed by atoms with Crippen LogP contribution in [0, 0.1) is 0 Å². The average Bonchev–Trinajstić information content (AvgIpc) is 3.12. The van der Waals surface area contributed by atoms with Gasteiger partial charge < -0.3 is 10.0 Å². The molecule has 0 bridgehead atoms. The second kappa shape index (κ2) is 6.30. The highest BCUT2D eigenvalue weighted by atomic mass is 19.4. The number of hydrogen-bond donors (Lipinski definition) is 1. The first-order chi connectivity index (χ1) is 9.42. The number of halogens is 3. The van der Waals surface area contributed by atoms with Crippen LogP contribution in [0.5, 0.6) is 0 Å². The van der Waals surface area contributed by atoms with Gasteiger partial charge in [-0.2, -0.15) is 13.2 Å². The Labute approximate surface area is 116 Å². The van der Waals surface area contributed by atoms with Gasteiger partial charge in [0.05, 0.1) is 6.04 Å². The highest BCUT2D eigenvalue weighted by molar-refractivity contribution is 5.84. The van der Waals surface area contributed by atoms with Gasteiger partial charge in [-0.05, 0) is 38.6 Å². The minimum Gasteiger partial charge on any atom is -0.396 e. The number of alkyl halides is 3. The monoisotopic (exact) mass is 294 g/mol. The molecule has 1 saturated carbocycles. The van der Waals surface area contributed by atoms with Gasteiger partial charge in [0.1, 0.15) is 6.54 Å². The average molecular weight is 294 g/mol. The maximum atomic E-state index is 12.4. The molecule has 1 saturated heterocycles. The summed E-state index contributed by atoms with van der Waals surface area (Å²) in [6, 6.07) is -0.0583. The summed E-state index contributed by atoms with van der Waals surface area (Å²) in [7, 11) is 0. The molecular weight excluding hydrogens is 273 g/mol. The van der Waals surface area contributed by atoms with E-state index in [0.717, 1.165) is 24.2 Å². The lowest BCUT2D eigenvalue weighted by Crippen LogP contribution is -2.45. The highest BCUT2D eigenvalue weighted by Gasteiger charge is 2.44. The van der Waals surface area contributed by atoms with Crippen molar-refractivity contribution in [3.63, 3.8) is 0 Å². The third kappa shape index (κ3) is 4.09. The molecule has 2 aliphatic rings. The smallest absolute Gasteiger partial charge is 0.396 e. The van der Waals surface area contributed by atoms with E-state index in [1.54, 1.807) is 0 Å². The van der Waals surface area contributed by atoms with E-state index in [1.807, 2.05) is 4.90 Å². The predicted molar refractivity (Wildman–Crippen MR) is 67.1 cm³/mol. The molecule has 2 rings (SSSR count). The summed E-state index contributed by atoms with van der Waals surface area (Å²) in [4.78, 5) is 15.1. The summed E-state index contributed by atoms with van der Waals surface area (Å²) in [5.74, 6) is -0.391. The fourth-order valence-electron chi connectivity index (χ4n) is 2.81. The van der Waals surface area contributed by atoms with E-state index in [4.69, 9.17) is 5.11 Å². The molecule has 1 heterocycles. The topological polar surface area (TPSA) is 43.8 Å². The molecule has 0 aromatic carbocycles. The second-order valence-electron chi connectivity index (χ2n) is 5.58. The van der Waals surface area contributed by atoms with E-state index in [9.17, 15) is 18.0 Å². The lowest BCUT2D eigenvalue weighted by atomic mass is 10.2.